The second-order valence-corrected chi connectivity index (χ2v) is 5.92. The minimum atomic E-state index is 0.401. The Morgan fingerprint density at radius 1 is 1.15 bits per heavy atom. The third-order valence-corrected chi connectivity index (χ3v) is 3.92. The summed E-state index contributed by atoms with van der Waals surface area (Å²) in [7, 11) is 0. The molecule has 0 unspecified atom stereocenters. The number of anilines is 4. The number of nitriles is 1. The van der Waals surface area contributed by atoms with Gasteiger partial charge >= 0.3 is 0 Å². The smallest absolute Gasteiger partial charge is 0.229 e. The predicted octanol–water partition coefficient (Wildman–Crippen LogP) is 4.61. The quantitative estimate of drug-likeness (QED) is 0.643. The summed E-state index contributed by atoms with van der Waals surface area (Å²) in [5.74, 6) is 0.956. The zero-order valence-corrected chi connectivity index (χ0v) is 14.6. The first-order valence-electron chi connectivity index (χ1n) is 7.71. The Kier molecular flexibility index (Phi) is 5.11. The molecular weight excluding hydrogens is 350 g/mol. The molecule has 0 saturated heterocycles. The number of nitrogens with zero attached hydrogens (tertiary/aromatic N) is 3. The van der Waals surface area contributed by atoms with Gasteiger partial charge in [0.2, 0.25) is 5.95 Å². The number of aryl methyl sites for hydroxylation is 1. The highest BCUT2D eigenvalue weighted by Crippen LogP contribution is 2.29. The van der Waals surface area contributed by atoms with Crippen molar-refractivity contribution in [3.63, 3.8) is 0 Å². The van der Waals surface area contributed by atoms with E-state index >= 15 is 0 Å². The summed E-state index contributed by atoms with van der Waals surface area (Å²) in [4.78, 5) is 19.5. The molecule has 0 fully saturated rings. The van der Waals surface area contributed by atoms with E-state index in [2.05, 4.69) is 26.7 Å². The number of carbonyl (C=O) groups excluding carboxylic acids is 1. The Morgan fingerprint density at radius 2 is 1.92 bits per heavy atom. The minimum absolute atomic E-state index is 0.401. The standard InChI is InChI=1S/C19H14ClN5O/c1-12-8-14(11-26)9-16(20)18(12)24-17-6-7-22-19(25-17)23-15-4-2-13(10-21)3-5-15/h2-9,11H,1H3,(H2,22,23,24,25). The van der Waals surface area contributed by atoms with Gasteiger partial charge in [0.25, 0.3) is 0 Å². The van der Waals surface area contributed by atoms with E-state index in [0.717, 1.165) is 17.5 Å². The van der Waals surface area contributed by atoms with E-state index in [1.165, 1.54) is 0 Å². The fourth-order valence-electron chi connectivity index (χ4n) is 2.37. The molecule has 0 atom stereocenters. The molecule has 26 heavy (non-hydrogen) atoms. The van der Waals surface area contributed by atoms with Crippen LogP contribution in [0, 0.1) is 18.3 Å². The van der Waals surface area contributed by atoms with Crippen molar-refractivity contribution in [2.24, 2.45) is 0 Å². The van der Waals surface area contributed by atoms with Crippen molar-refractivity contribution < 1.29 is 4.79 Å². The highest BCUT2D eigenvalue weighted by molar-refractivity contribution is 6.33. The maximum absolute atomic E-state index is 10.9. The zero-order chi connectivity index (χ0) is 18.5. The lowest BCUT2D eigenvalue weighted by Gasteiger charge is -2.12. The number of rotatable bonds is 5. The Bertz CT molecular complexity index is 973. The van der Waals surface area contributed by atoms with Crippen LogP contribution in [0.3, 0.4) is 0 Å². The second-order valence-electron chi connectivity index (χ2n) is 5.52. The van der Waals surface area contributed by atoms with Gasteiger partial charge in [-0.15, -0.1) is 0 Å². The number of nitrogens with one attached hydrogen (secondary N) is 2. The Morgan fingerprint density at radius 3 is 2.58 bits per heavy atom. The highest BCUT2D eigenvalue weighted by Gasteiger charge is 2.08. The van der Waals surface area contributed by atoms with Gasteiger partial charge in [-0.25, -0.2) is 4.98 Å². The molecule has 1 aromatic heterocycles. The molecule has 6 nitrogen and oxygen atoms in total. The normalized spacial score (nSPS) is 10.0. The SMILES string of the molecule is Cc1cc(C=O)cc(Cl)c1Nc1ccnc(Nc2ccc(C#N)cc2)n1. The van der Waals surface area contributed by atoms with Gasteiger partial charge in [-0.05, 0) is 55.0 Å². The average Bonchev–Trinajstić information content (AvgIpc) is 2.65. The summed E-state index contributed by atoms with van der Waals surface area (Å²) in [6.07, 6.45) is 2.37. The summed E-state index contributed by atoms with van der Waals surface area (Å²) < 4.78 is 0. The summed E-state index contributed by atoms with van der Waals surface area (Å²) in [6.45, 7) is 1.86. The van der Waals surface area contributed by atoms with Gasteiger partial charge in [0, 0.05) is 17.4 Å². The van der Waals surface area contributed by atoms with E-state index < -0.39 is 0 Å². The number of aromatic nitrogens is 2. The number of aldehydes is 1. The van der Waals surface area contributed by atoms with Crippen LogP contribution in [-0.2, 0) is 0 Å². The van der Waals surface area contributed by atoms with E-state index in [0.29, 0.717) is 33.6 Å². The fourth-order valence-corrected chi connectivity index (χ4v) is 2.69. The molecule has 0 aliphatic carbocycles. The number of hydrogen-bond acceptors (Lipinski definition) is 6. The fraction of sp³-hybridized carbons (Fsp3) is 0.0526. The predicted molar refractivity (Wildman–Crippen MR) is 101 cm³/mol. The summed E-state index contributed by atoms with van der Waals surface area (Å²) in [5.41, 5.74) is 3.38. The molecule has 128 valence electrons. The van der Waals surface area contributed by atoms with Crippen LogP contribution >= 0.6 is 11.6 Å². The van der Waals surface area contributed by atoms with Crippen molar-refractivity contribution in [1.29, 1.82) is 5.26 Å². The molecule has 7 heteroatoms. The van der Waals surface area contributed by atoms with Crippen LogP contribution in [0.15, 0.2) is 48.7 Å². The number of hydrogen-bond donors (Lipinski definition) is 2. The number of halogens is 1. The van der Waals surface area contributed by atoms with E-state index in [-0.39, 0.29) is 0 Å². The summed E-state index contributed by atoms with van der Waals surface area (Å²) >= 11 is 6.25. The van der Waals surface area contributed by atoms with Crippen LogP contribution in [0.25, 0.3) is 0 Å². The molecule has 0 bridgehead atoms. The van der Waals surface area contributed by atoms with Gasteiger partial charge in [0.05, 0.1) is 22.3 Å². The van der Waals surface area contributed by atoms with Crippen LogP contribution in [-0.4, -0.2) is 16.3 Å². The number of benzene rings is 2. The Hall–Kier alpha value is -3.43. The van der Waals surface area contributed by atoms with E-state index in [4.69, 9.17) is 16.9 Å². The van der Waals surface area contributed by atoms with E-state index in [9.17, 15) is 4.79 Å². The van der Waals surface area contributed by atoms with E-state index in [1.54, 1.807) is 48.7 Å². The first kappa shape index (κ1) is 17.4. The Labute approximate surface area is 155 Å². The molecule has 3 aromatic rings. The Balaban J connectivity index is 1.81. The lowest BCUT2D eigenvalue weighted by Crippen LogP contribution is -2.02. The van der Waals surface area contributed by atoms with Gasteiger partial charge in [-0.3, -0.25) is 4.79 Å². The van der Waals surface area contributed by atoms with Crippen LogP contribution < -0.4 is 10.6 Å². The first-order chi connectivity index (χ1) is 12.6. The molecule has 0 aliphatic heterocycles. The molecule has 0 aliphatic rings. The zero-order valence-electron chi connectivity index (χ0n) is 13.8. The van der Waals surface area contributed by atoms with Gasteiger partial charge in [-0.2, -0.15) is 10.2 Å². The van der Waals surface area contributed by atoms with Crippen molar-refractivity contribution >= 4 is 41.0 Å². The number of carbonyl (C=O) groups is 1. The van der Waals surface area contributed by atoms with Crippen molar-refractivity contribution in [1.82, 2.24) is 9.97 Å². The van der Waals surface area contributed by atoms with Gasteiger partial charge in [-0.1, -0.05) is 11.6 Å². The van der Waals surface area contributed by atoms with Crippen molar-refractivity contribution in [3.8, 4) is 6.07 Å². The maximum atomic E-state index is 10.9. The van der Waals surface area contributed by atoms with Gasteiger partial charge < -0.3 is 10.6 Å². The van der Waals surface area contributed by atoms with Crippen molar-refractivity contribution in [2.75, 3.05) is 10.6 Å². The molecule has 1 heterocycles. The monoisotopic (exact) mass is 363 g/mol. The van der Waals surface area contributed by atoms with Gasteiger partial charge in [0.15, 0.2) is 0 Å². The van der Waals surface area contributed by atoms with Crippen LogP contribution in [0.2, 0.25) is 5.02 Å². The topological polar surface area (TPSA) is 90.7 Å². The molecule has 2 N–H and O–H groups in total. The molecule has 3 rings (SSSR count). The molecule has 0 radical (unpaired) electrons. The molecule has 0 spiro atoms. The third kappa shape index (κ3) is 3.97. The third-order valence-electron chi connectivity index (χ3n) is 3.62. The largest absolute Gasteiger partial charge is 0.339 e. The minimum Gasteiger partial charge on any atom is -0.339 e. The van der Waals surface area contributed by atoms with Crippen LogP contribution in [0.5, 0.6) is 0 Å². The average molecular weight is 364 g/mol. The summed E-state index contributed by atoms with van der Waals surface area (Å²) in [5, 5.41) is 15.5. The summed E-state index contributed by atoms with van der Waals surface area (Å²) in [6, 6.07) is 14.1. The van der Waals surface area contributed by atoms with Crippen molar-refractivity contribution in [3.05, 3.63) is 70.4 Å². The molecular formula is C19H14ClN5O. The lowest BCUT2D eigenvalue weighted by molar-refractivity contribution is 0.112. The highest BCUT2D eigenvalue weighted by atomic mass is 35.5. The molecule has 0 amide bonds. The lowest BCUT2D eigenvalue weighted by atomic mass is 10.1. The second kappa shape index (κ2) is 7.64. The maximum Gasteiger partial charge on any atom is 0.229 e. The molecule has 2 aromatic carbocycles. The van der Waals surface area contributed by atoms with Crippen LogP contribution in [0.1, 0.15) is 21.5 Å². The molecule has 0 saturated carbocycles. The van der Waals surface area contributed by atoms with E-state index in [1.807, 2.05) is 6.92 Å². The first-order valence-corrected chi connectivity index (χ1v) is 8.09. The van der Waals surface area contributed by atoms with Crippen molar-refractivity contribution in [2.45, 2.75) is 6.92 Å². The van der Waals surface area contributed by atoms with Gasteiger partial charge in [0.1, 0.15) is 12.1 Å². The van der Waals surface area contributed by atoms with Crippen LogP contribution in [0.4, 0.5) is 23.1 Å².